The van der Waals surface area contributed by atoms with Crippen molar-refractivity contribution < 1.29 is 9.53 Å². The van der Waals surface area contributed by atoms with E-state index in [1.54, 1.807) is 18.2 Å². The van der Waals surface area contributed by atoms with Crippen molar-refractivity contribution >= 4 is 33.4 Å². The maximum absolute atomic E-state index is 12.0. The molecule has 1 fully saturated rings. The molecular weight excluding hydrogens is 332 g/mol. The predicted molar refractivity (Wildman–Crippen MR) is 78.7 cm³/mol. The number of rotatable bonds is 3. The zero-order chi connectivity index (χ0) is 13.8. The average Bonchev–Trinajstić information content (AvgIpc) is 2.39. The quantitative estimate of drug-likeness (QED) is 0.911. The average molecular weight is 348 g/mol. The van der Waals surface area contributed by atoms with Crippen LogP contribution in [-0.2, 0) is 4.74 Å². The summed E-state index contributed by atoms with van der Waals surface area (Å²) in [7, 11) is 2.05. The van der Waals surface area contributed by atoms with Gasteiger partial charge in [0.25, 0.3) is 5.91 Å². The van der Waals surface area contributed by atoms with Gasteiger partial charge >= 0.3 is 0 Å². The van der Waals surface area contributed by atoms with Crippen LogP contribution in [0, 0.1) is 0 Å². The summed E-state index contributed by atoms with van der Waals surface area (Å²) < 4.78 is 6.31. The molecule has 0 aliphatic carbocycles. The lowest BCUT2D eigenvalue weighted by Gasteiger charge is -2.30. The van der Waals surface area contributed by atoms with E-state index in [2.05, 4.69) is 26.1 Å². The van der Waals surface area contributed by atoms with E-state index in [4.69, 9.17) is 16.3 Å². The van der Waals surface area contributed by atoms with Crippen LogP contribution >= 0.6 is 27.5 Å². The van der Waals surface area contributed by atoms with Gasteiger partial charge in [-0.1, -0.05) is 11.6 Å². The molecule has 4 nitrogen and oxygen atoms in total. The van der Waals surface area contributed by atoms with Crippen LogP contribution in [0.4, 0.5) is 0 Å². The molecule has 19 heavy (non-hydrogen) atoms. The van der Waals surface area contributed by atoms with Crippen molar-refractivity contribution in [2.45, 2.75) is 6.10 Å². The zero-order valence-electron chi connectivity index (χ0n) is 10.7. The van der Waals surface area contributed by atoms with Crippen LogP contribution in [-0.4, -0.2) is 50.2 Å². The second-order valence-electron chi connectivity index (χ2n) is 4.59. The van der Waals surface area contributed by atoms with Crippen molar-refractivity contribution in [1.82, 2.24) is 10.2 Å². The van der Waals surface area contributed by atoms with E-state index in [0.717, 1.165) is 17.6 Å². The summed E-state index contributed by atoms with van der Waals surface area (Å²) in [6, 6.07) is 5.12. The minimum atomic E-state index is -0.116. The summed E-state index contributed by atoms with van der Waals surface area (Å²) in [5.41, 5.74) is 0.584. The van der Waals surface area contributed by atoms with Crippen molar-refractivity contribution in [2.24, 2.45) is 0 Å². The largest absolute Gasteiger partial charge is 0.374 e. The van der Waals surface area contributed by atoms with Crippen molar-refractivity contribution in [3.8, 4) is 0 Å². The van der Waals surface area contributed by atoms with Crippen LogP contribution in [0.5, 0.6) is 0 Å². The molecule has 1 aromatic rings. The molecule has 0 saturated carbocycles. The zero-order valence-corrected chi connectivity index (χ0v) is 13.0. The number of halogens is 2. The summed E-state index contributed by atoms with van der Waals surface area (Å²) in [5.74, 6) is -0.116. The number of amides is 1. The molecule has 104 valence electrons. The van der Waals surface area contributed by atoms with E-state index in [1.807, 2.05) is 7.05 Å². The van der Waals surface area contributed by atoms with Gasteiger partial charge in [-0.25, -0.2) is 0 Å². The number of nitrogens with one attached hydrogen (secondary N) is 1. The number of morpholine rings is 1. The highest BCUT2D eigenvalue weighted by atomic mass is 79.9. The lowest BCUT2D eigenvalue weighted by Crippen LogP contribution is -2.45. The number of hydrogen-bond donors (Lipinski definition) is 1. The van der Waals surface area contributed by atoms with Gasteiger partial charge in [0.1, 0.15) is 0 Å². The first-order chi connectivity index (χ1) is 9.06. The Kier molecular flexibility index (Phi) is 5.21. The maximum Gasteiger partial charge on any atom is 0.251 e. The van der Waals surface area contributed by atoms with Crippen molar-refractivity contribution in [3.63, 3.8) is 0 Å². The number of carbonyl (C=O) groups is 1. The Morgan fingerprint density at radius 1 is 1.63 bits per heavy atom. The van der Waals surface area contributed by atoms with Gasteiger partial charge in [0.15, 0.2) is 0 Å². The summed E-state index contributed by atoms with van der Waals surface area (Å²) in [6.45, 7) is 3.01. The van der Waals surface area contributed by atoms with Gasteiger partial charge < -0.3 is 15.0 Å². The molecule has 1 amide bonds. The normalized spacial score (nSPS) is 20.3. The predicted octanol–water partition coefficient (Wildman–Crippen LogP) is 2.16. The van der Waals surface area contributed by atoms with E-state index in [1.165, 1.54) is 0 Å². The first kappa shape index (κ1) is 14.8. The van der Waals surface area contributed by atoms with Gasteiger partial charge in [-0.05, 0) is 41.2 Å². The highest BCUT2D eigenvalue weighted by Gasteiger charge is 2.18. The van der Waals surface area contributed by atoms with Gasteiger partial charge in [-0.15, -0.1) is 0 Å². The molecule has 1 aromatic carbocycles. The van der Waals surface area contributed by atoms with Crippen LogP contribution in [0.3, 0.4) is 0 Å². The third-order valence-corrected chi connectivity index (χ3v) is 4.23. The first-order valence-corrected chi connectivity index (χ1v) is 7.27. The smallest absolute Gasteiger partial charge is 0.251 e. The Bertz CT molecular complexity index is 470. The summed E-state index contributed by atoms with van der Waals surface area (Å²) in [5, 5.41) is 3.47. The van der Waals surface area contributed by atoms with Gasteiger partial charge in [0, 0.05) is 29.7 Å². The van der Waals surface area contributed by atoms with Crippen molar-refractivity contribution in [3.05, 3.63) is 33.3 Å². The fraction of sp³-hybridized carbons (Fsp3) is 0.462. The first-order valence-electron chi connectivity index (χ1n) is 6.09. The molecule has 1 aliphatic heterocycles. The maximum atomic E-state index is 12.0. The topological polar surface area (TPSA) is 41.6 Å². The molecule has 1 unspecified atom stereocenters. The second kappa shape index (κ2) is 6.70. The monoisotopic (exact) mass is 346 g/mol. The Balaban J connectivity index is 1.88. The number of likely N-dealkylation sites (N-methyl/N-ethyl adjacent to an activating group) is 1. The number of benzene rings is 1. The number of ether oxygens (including phenoxy) is 1. The van der Waals surface area contributed by atoms with Crippen LogP contribution in [0.25, 0.3) is 0 Å². The molecule has 1 saturated heterocycles. The minimum Gasteiger partial charge on any atom is -0.374 e. The lowest BCUT2D eigenvalue weighted by molar-refractivity contribution is -0.0175. The van der Waals surface area contributed by atoms with E-state index >= 15 is 0 Å². The Hall–Kier alpha value is -0.620. The molecule has 0 bridgehead atoms. The third-order valence-electron chi connectivity index (χ3n) is 3.01. The summed E-state index contributed by atoms with van der Waals surface area (Å²) >= 11 is 9.20. The molecule has 0 radical (unpaired) electrons. The molecule has 0 aromatic heterocycles. The summed E-state index contributed by atoms with van der Waals surface area (Å²) in [6.07, 6.45) is 0.0541. The van der Waals surface area contributed by atoms with Gasteiger partial charge in [-0.3, -0.25) is 4.79 Å². The fourth-order valence-electron chi connectivity index (χ4n) is 1.94. The molecule has 6 heteroatoms. The lowest BCUT2D eigenvalue weighted by atomic mass is 10.2. The minimum absolute atomic E-state index is 0.0541. The number of hydrogen-bond acceptors (Lipinski definition) is 3. The Labute approximate surface area is 126 Å². The van der Waals surface area contributed by atoms with Crippen molar-refractivity contribution in [1.29, 1.82) is 0 Å². The van der Waals surface area contributed by atoms with Crippen molar-refractivity contribution in [2.75, 3.05) is 33.3 Å². The van der Waals surface area contributed by atoms with Gasteiger partial charge in [0.2, 0.25) is 0 Å². The van der Waals surface area contributed by atoms with Crippen LogP contribution in [0.1, 0.15) is 10.4 Å². The second-order valence-corrected chi connectivity index (χ2v) is 5.86. The molecule has 0 spiro atoms. The van der Waals surface area contributed by atoms with E-state index < -0.39 is 0 Å². The highest BCUT2D eigenvalue weighted by Crippen LogP contribution is 2.23. The van der Waals surface area contributed by atoms with E-state index in [9.17, 15) is 4.79 Å². The molecule has 1 N–H and O–H groups in total. The molecule has 1 aliphatic rings. The Morgan fingerprint density at radius 2 is 2.42 bits per heavy atom. The van der Waals surface area contributed by atoms with Crippen LogP contribution in [0.15, 0.2) is 22.7 Å². The SMILES string of the molecule is CN1CCOC(CNC(=O)c2ccc(Cl)c(Br)c2)C1. The fourth-order valence-corrected chi connectivity index (χ4v) is 2.43. The van der Waals surface area contributed by atoms with Crippen LogP contribution in [0.2, 0.25) is 5.02 Å². The van der Waals surface area contributed by atoms with E-state index in [0.29, 0.717) is 23.7 Å². The Morgan fingerprint density at radius 3 is 3.11 bits per heavy atom. The third kappa shape index (κ3) is 4.18. The molecule has 1 atom stereocenters. The molecule has 1 heterocycles. The van der Waals surface area contributed by atoms with E-state index in [-0.39, 0.29) is 12.0 Å². The van der Waals surface area contributed by atoms with Gasteiger partial charge in [-0.2, -0.15) is 0 Å². The summed E-state index contributed by atoms with van der Waals surface area (Å²) in [4.78, 5) is 14.2. The number of carbonyl (C=O) groups excluding carboxylic acids is 1. The standard InChI is InChI=1S/C13H16BrClN2O2/c1-17-4-5-19-10(8-17)7-16-13(18)9-2-3-12(15)11(14)6-9/h2-3,6,10H,4-5,7-8H2,1H3,(H,16,18). The molecular formula is C13H16BrClN2O2. The molecule has 2 rings (SSSR count). The number of nitrogens with zero attached hydrogens (tertiary/aromatic N) is 1. The highest BCUT2D eigenvalue weighted by molar-refractivity contribution is 9.10. The van der Waals surface area contributed by atoms with Crippen LogP contribution < -0.4 is 5.32 Å². The van der Waals surface area contributed by atoms with Gasteiger partial charge in [0.05, 0.1) is 17.7 Å².